The van der Waals surface area contributed by atoms with E-state index in [1.807, 2.05) is 6.07 Å². The summed E-state index contributed by atoms with van der Waals surface area (Å²) < 4.78 is 45.3. The number of nitrogens with one attached hydrogen (secondary N) is 2. The van der Waals surface area contributed by atoms with Gasteiger partial charge < -0.3 is 15.2 Å². The molecule has 8 nitrogen and oxygen atoms in total. The first-order valence-electron chi connectivity index (χ1n) is 11.5. The fourth-order valence-corrected chi connectivity index (χ4v) is 4.77. The molecule has 3 aromatic carbocycles. The van der Waals surface area contributed by atoms with Gasteiger partial charge in [0.1, 0.15) is 12.4 Å². The number of nitrogens with zero attached hydrogens (tertiary/aromatic N) is 2. The average Bonchev–Trinajstić information content (AvgIpc) is 3.34. The minimum atomic E-state index is -4.45. The molecule has 0 aliphatic carbocycles. The van der Waals surface area contributed by atoms with Crippen LogP contribution in [0.3, 0.4) is 0 Å². The maximum atomic E-state index is 12.9. The highest BCUT2D eigenvalue weighted by Gasteiger charge is 2.30. The molecule has 0 fully saturated rings. The molecular weight excluding hydrogens is 660 g/mol. The molecular formula is C27H20F3IN4O4S. The van der Waals surface area contributed by atoms with Crippen molar-refractivity contribution in [3.05, 3.63) is 104 Å². The first-order chi connectivity index (χ1) is 19.1. The molecule has 3 N–H and O–H groups in total. The van der Waals surface area contributed by atoms with E-state index in [0.29, 0.717) is 16.6 Å². The molecule has 0 aliphatic heterocycles. The van der Waals surface area contributed by atoms with Crippen molar-refractivity contribution in [3.63, 3.8) is 0 Å². The Balaban J connectivity index is 1.26. The van der Waals surface area contributed by atoms with Crippen LogP contribution in [0.2, 0.25) is 0 Å². The molecule has 0 bridgehead atoms. The highest BCUT2D eigenvalue weighted by molar-refractivity contribution is 14.1. The van der Waals surface area contributed by atoms with E-state index in [0.717, 1.165) is 26.8 Å². The molecule has 1 heterocycles. The SMILES string of the molecule is O=C(Cc1csc(Nc2cccc(C(F)(F)F)c2)n1)N/N=C\c1ccc(OCc2ccc(C(=O)O)cc2)c(I)c1. The molecule has 0 unspecified atom stereocenters. The van der Waals surface area contributed by atoms with Gasteiger partial charge in [0.2, 0.25) is 5.91 Å². The maximum absolute atomic E-state index is 12.9. The predicted molar refractivity (Wildman–Crippen MR) is 153 cm³/mol. The van der Waals surface area contributed by atoms with Gasteiger partial charge in [0.05, 0.1) is 33.0 Å². The molecule has 0 radical (unpaired) electrons. The summed E-state index contributed by atoms with van der Waals surface area (Å²) in [6.45, 7) is 0.271. The third kappa shape index (κ3) is 8.26. The van der Waals surface area contributed by atoms with Crippen LogP contribution in [-0.4, -0.2) is 28.2 Å². The zero-order valence-electron chi connectivity index (χ0n) is 20.4. The largest absolute Gasteiger partial charge is 0.488 e. The van der Waals surface area contributed by atoms with Crippen LogP contribution in [0.4, 0.5) is 24.0 Å². The van der Waals surface area contributed by atoms with Gasteiger partial charge in [-0.05, 0) is 82.2 Å². The lowest BCUT2D eigenvalue weighted by Crippen LogP contribution is -2.19. The molecule has 13 heteroatoms. The number of alkyl halides is 3. The van der Waals surface area contributed by atoms with Crippen LogP contribution in [0, 0.1) is 3.57 Å². The Labute approximate surface area is 244 Å². The smallest absolute Gasteiger partial charge is 0.416 e. The Bertz CT molecular complexity index is 1540. The molecule has 0 atom stereocenters. The van der Waals surface area contributed by atoms with E-state index in [-0.39, 0.29) is 24.3 Å². The number of aromatic carboxylic acids is 1. The molecule has 40 heavy (non-hydrogen) atoms. The van der Waals surface area contributed by atoms with Crippen LogP contribution in [0.1, 0.15) is 32.7 Å². The minimum absolute atomic E-state index is 0.0597. The lowest BCUT2D eigenvalue weighted by atomic mass is 10.1. The second-order valence-corrected chi connectivity index (χ2v) is 10.3. The van der Waals surface area contributed by atoms with Gasteiger partial charge in [-0.2, -0.15) is 18.3 Å². The van der Waals surface area contributed by atoms with Crippen molar-refractivity contribution in [2.45, 2.75) is 19.2 Å². The van der Waals surface area contributed by atoms with E-state index >= 15 is 0 Å². The van der Waals surface area contributed by atoms with Crippen LogP contribution >= 0.6 is 33.9 Å². The zero-order valence-corrected chi connectivity index (χ0v) is 23.4. The number of hydrogen-bond donors (Lipinski definition) is 3. The Morgan fingerprint density at radius 3 is 2.58 bits per heavy atom. The Hall–Kier alpha value is -3.98. The molecule has 1 amide bonds. The van der Waals surface area contributed by atoms with Crippen LogP contribution in [-0.2, 0) is 24.0 Å². The summed E-state index contributed by atoms with van der Waals surface area (Å²) in [5.74, 6) is -0.754. The average molecular weight is 680 g/mol. The van der Waals surface area contributed by atoms with E-state index in [4.69, 9.17) is 9.84 Å². The highest BCUT2D eigenvalue weighted by Crippen LogP contribution is 2.32. The number of carbonyl (C=O) groups is 2. The normalized spacial score (nSPS) is 11.4. The van der Waals surface area contributed by atoms with Crippen molar-refractivity contribution >= 4 is 62.8 Å². The summed E-state index contributed by atoms with van der Waals surface area (Å²) in [6, 6.07) is 16.6. The second kappa shape index (κ2) is 12.9. The molecule has 0 saturated heterocycles. The number of halogens is 4. The lowest BCUT2D eigenvalue weighted by Gasteiger charge is -2.09. The molecule has 206 valence electrons. The summed E-state index contributed by atoms with van der Waals surface area (Å²) >= 11 is 3.29. The van der Waals surface area contributed by atoms with Crippen LogP contribution in [0.15, 0.2) is 77.2 Å². The number of anilines is 2. The quantitative estimate of drug-likeness (QED) is 0.101. The number of carboxylic acids is 1. The van der Waals surface area contributed by atoms with E-state index in [9.17, 15) is 22.8 Å². The predicted octanol–water partition coefficient (Wildman–Crippen LogP) is 6.48. The summed E-state index contributed by atoms with van der Waals surface area (Å²) in [4.78, 5) is 27.5. The van der Waals surface area contributed by atoms with Crippen molar-refractivity contribution in [2.24, 2.45) is 5.10 Å². The first-order valence-corrected chi connectivity index (χ1v) is 13.5. The van der Waals surface area contributed by atoms with Crippen LogP contribution in [0.5, 0.6) is 5.75 Å². The molecule has 0 aliphatic rings. The number of thiazole rings is 1. The fourth-order valence-electron chi connectivity index (χ4n) is 3.34. The zero-order chi connectivity index (χ0) is 28.7. The number of hydrazone groups is 1. The summed E-state index contributed by atoms with van der Waals surface area (Å²) in [6.07, 6.45) is -3.02. The second-order valence-electron chi connectivity index (χ2n) is 8.30. The van der Waals surface area contributed by atoms with Crippen molar-refractivity contribution in [1.82, 2.24) is 10.4 Å². The highest BCUT2D eigenvalue weighted by atomic mass is 127. The van der Waals surface area contributed by atoms with Crippen molar-refractivity contribution in [1.29, 1.82) is 0 Å². The van der Waals surface area contributed by atoms with Gasteiger partial charge >= 0.3 is 12.1 Å². The van der Waals surface area contributed by atoms with Gasteiger partial charge in [-0.25, -0.2) is 15.2 Å². The first kappa shape index (κ1) is 29.0. The van der Waals surface area contributed by atoms with Gasteiger partial charge in [-0.3, -0.25) is 4.79 Å². The van der Waals surface area contributed by atoms with Gasteiger partial charge in [0, 0.05) is 11.1 Å². The number of rotatable bonds is 10. The maximum Gasteiger partial charge on any atom is 0.416 e. The van der Waals surface area contributed by atoms with Crippen molar-refractivity contribution in [3.8, 4) is 5.75 Å². The third-order valence-electron chi connectivity index (χ3n) is 5.29. The topological polar surface area (TPSA) is 113 Å². The fraction of sp³-hybridized carbons (Fsp3) is 0.111. The molecule has 0 saturated carbocycles. The van der Waals surface area contributed by atoms with Gasteiger partial charge in [0.15, 0.2) is 5.13 Å². The number of aromatic nitrogens is 1. The molecule has 4 rings (SSSR count). The van der Waals surface area contributed by atoms with Crippen molar-refractivity contribution in [2.75, 3.05) is 5.32 Å². The number of ether oxygens (including phenoxy) is 1. The standard InChI is InChI=1S/C27H20F3IN4O4S/c28-27(29,30)19-2-1-3-20(11-19)33-26-34-21(15-40-26)12-24(36)35-32-13-17-6-9-23(22(31)10-17)39-14-16-4-7-18(8-5-16)25(37)38/h1-11,13,15H,12,14H2,(H,33,34)(H,35,36)(H,37,38)/b32-13-. The van der Waals surface area contributed by atoms with Gasteiger partial charge in [0.25, 0.3) is 0 Å². The van der Waals surface area contributed by atoms with Gasteiger partial charge in [-0.1, -0.05) is 18.2 Å². The Morgan fingerprint density at radius 1 is 1.10 bits per heavy atom. The lowest BCUT2D eigenvalue weighted by molar-refractivity contribution is -0.137. The van der Waals surface area contributed by atoms with Crippen molar-refractivity contribution < 1.29 is 32.6 Å². The Kier molecular flexibility index (Phi) is 9.37. The number of carbonyl (C=O) groups excluding carboxylic acids is 1. The van der Waals surface area contributed by atoms with E-state index in [2.05, 4.69) is 43.4 Å². The molecule has 4 aromatic rings. The van der Waals surface area contributed by atoms with E-state index < -0.39 is 23.6 Å². The van der Waals surface area contributed by atoms with E-state index in [1.54, 1.807) is 29.6 Å². The third-order valence-corrected chi connectivity index (χ3v) is 6.94. The van der Waals surface area contributed by atoms with Gasteiger partial charge in [-0.15, -0.1) is 11.3 Å². The molecule has 0 spiro atoms. The number of benzene rings is 3. The summed E-state index contributed by atoms with van der Waals surface area (Å²) in [5, 5.41) is 17.8. The number of amides is 1. The summed E-state index contributed by atoms with van der Waals surface area (Å²) in [5.41, 5.74) is 4.10. The summed E-state index contributed by atoms with van der Waals surface area (Å²) in [7, 11) is 0. The van der Waals surface area contributed by atoms with Crippen LogP contribution < -0.4 is 15.5 Å². The minimum Gasteiger partial charge on any atom is -0.488 e. The number of hydrogen-bond acceptors (Lipinski definition) is 7. The van der Waals surface area contributed by atoms with Crippen LogP contribution in [0.25, 0.3) is 0 Å². The monoisotopic (exact) mass is 680 g/mol. The number of carboxylic acid groups (broad SMARTS) is 1. The van der Waals surface area contributed by atoms with E-state index in [1.165, 1.54) is 41.8 Å². The Morgan fingerprint density at radius 2 is 1.88 bits per heavy atom. The molecule has 1 aromatic heterocycles.